The molecular formula is C13H15BrN4O. The van der Waals surface area contributed by atoms with Crippen molar-refractivity contribution in [1.82, 2.24) is 20.0 Å². The minimum Gasteiger partial charge on any atom is -0.294 e. The number of carbonyl (C=O) groups excluding carboxylic acids is 1. The number of nitrogens with zero attached hydrogens (tertiary/aromatic N) is 4. The maximum Gasteiger partial charge on any atom is 0.170 e. The van der Waals surface area contributed by atoms with Gasteiger partial charge in [0.15, 0.2) is 5.78 Å². The van der Waals surface area contributed by atoms with Gasteiger partial charge in [-0.2, -0.15) is 15.3 Å². The van der Waals surface area contributed by atoms with E-state index >= 15 is 0 Å². The first-order valence-electron chi connectivity index (χ1n) is 6.21. The number of hydrogen-bond acceptors (Lipinski definition) is 4. The van der Waals surface area contributed by atoms with E-state index in [-0.39, 0.29) is 5.78 Å². The number of aromatic nitrogens is 4. The van der Waals surface area contributed by atoms with Gasteiger partial charge in [-0.15, -0.1) is 0 Å². The first-order chi connectivity index (χ1) is 9.17. The Morgan fingerprint density at radius 2 is 2.16 bits per heavy atom. The molecule has 0 aliphatic rings. The zero-order valence-corrected chi connectivity index (χ0v) is 12.5. The molecular weight excluding hydrogens is 308 g/mol. The van der Waals surface area contributed by atoms with Gasteiger partial charge < -0.3 is 0 Å². The van der Waals surface area contributed by atoms with Gasteiger partial charge in [0.2, 0.25) is 0 Å². The average Bonchev–Trinajstić information content (AvgIpc) is 2.76. The minimum atomic E-state index is 0.0212. The van der Waals surface area contributed by atoms with Crippen molar-refractivity contribution in [3.8, 4) is 0 Å². The molecule has 0 aliphatic carbocycles. The second-order valence-electron chi connectivity index (χ2n) is 4.11. The molecule has 19 heavy (non-hydrogen) atoms. The molecule has 0 fully saturated rings. The predicted molar refractivity (Wildman–Crippen MR) is 75.0 cm³/mol. The van der Waals surface area contributed by atoms with Crippen molar-refractivity contribution in [2.75, 3.05) is 0 Å². The largest absolute Gasteiger partial charge is 0.294 e. The van der Waals surface area contributed by atoms with Crippen molar-refractivity contribution in [3.63, 3.8) is 0 Å². The average molecular weight is 323 g/mol. The third-order valence-corrected chi connectivity index (χ3v) is 3.84. The predicted octanol–water partition coefficient (Wildman–Crippen LogP) is 2.44. The highest BCUT2D eigenvalue weighted by atomic mass is 79.9. The number of Topliss-reactive ketones (excluding diaryl/α,β-unsaturated/α-hetero) is 1. The van der Waals surface area contributed by atoms with E-state index in [1.807, 2.05) is 18.5 Å². The Labute approximate surface area is 120 Å². The van der Waals surface area contributed by atoms with E-state index in [1.54, 1.807) is 6.07 Å². The lowest BCUT2D eigenvalue weighted by Gasteiger charge is -2.04. The fourth-order valence-electron chi connectivity index (χ4n) is 1.90. The second-order valence-corrected chi connectivity index (χ2v) is 4.90. The molecule has 0 amide bonds. The Morgan fingerprint density at radius 3 is 2.74 bits per heavy atom. The van der Waals surface area contributed by atoms with Crippen molar-refractivity contribution in [3.05, 3.63) is 39.9 Å². The first-order valence-corrected chi connectivity index (χ1v) is 7.00. The maximum absolute atomic E-state index is 12.2. The van der Waals surface area contributed by atoms with Gasteiger partial charge in [0, 0.05) is 12.1 Å². The molecule has 0 unspecified atom stereocenters. The van der Waals surface area contributed by atoms with Crippen molar-refractivity contribution in [2.45, 2.75) is 33.2 Å². The molecule has 0 radical (unpaired) electrons. The summed E-state index contributed by atoms with van der Waals surface area (Å²) in [4.78, 5) is 12.2. The van der Waals surface area contributed by atoms with Crippen LogP contribution in [0.25, 0.3) is 0 Å². The molecule has 2 aromatic rings. The molecule has 6 heteroatoms. The molecule has 0 bridgehead atoms. The number of ketones is 1. The fourth-order valence-corrected chi connectivity index (χ4v) is 2.60. The zero-order valence-electron chi connectivity index (χ0n) is 10.9. The molecule has 0 aromatic carbocycles. The molecule has 0 saturated heterocycles. The van der Waals surface area contributed by atoms with E-state index in [2.05, 4.69) is 31.2 Å². The highest BCUT2D eigenvalue weighted by Gasteiger charge is 2.17. The van der Waals surface area contributed by atoms with Gasteiger partial charge in [-0.1, -0.05) is 6.92 Å². The Bertz CT molecular complexity index is 580. The van der Waals surface area contributed by atoms with Crippen LogP contribution in [0, 0.1) is 0 Å². The van der Waals surface area contributed by atoms with Crippen LogP contribution in [0.4, 0.5) is 0 Å². The first kappa shape index (κ1) is 13.9. The summed E-state index contributed by atoms with van der Waals surface area (Å²) in [7, 11) is 0. The molecule has 100 valence electrons. The van der Waals surface area contributed by atoms with Gasteiger partial charge in [-0.25, -0.2) is 0 Å². The van der Waals surface area contributed by atoms with E-state index in [4.69, 9.17) is 0 Å². The van der Waals surface area contributed by atoms with Crippen molar-refractivity contribution >= 4 is 21.7 Å². The number of aryl methyl sites for hydroxylation is 2. The summed E-state index contributed by atoms with van der Waals surface area (Å²) < 4.78 is 2.81. The van der Waals surface area contributed by atoms with Crippen LogP contribution in [0.15, 0.2) is 22.9 Å². The van der Waals surface area contributed by atoms with E-state index < -0.39 is 0 Å². The highest BCUT2D eigenvalue weighted by molar-refractivity contribution is 9.10. The zero-order chi connectivity index (χ0) is 13.8. The topological polar surface area (TPSA) is 60.7 Å². The molecule has 5 nitrogen and oxygen atoms in total. The summed E-state index contributed by atoms with van der Waals surface area (Å²) in [5.74, 6) is 0.0212. The molecule has 2 rings (SSSR count). The summed E-state index contributed by atoms with van der Waals surface area (Å²) in [5.41, 5.74) is 2.47. The Kier molecular flexibility index (Phi) is 4.42. The Hall–Kier alpha value is -1.56. The summed E-state index contributed by atoms with van der Waals surface area (Å²) in [6.45, 7) is 4.81. The molecule has 0 atom stereocenters. The second kappa shape index (κ2) is 6.06. The molecule has 0 spiro atoms. The van der Waals surface area contributed by atoms with Crippen LogP contribution >= 0.6 is 15.9 Å². The Morgan fingerprint density at radius 1 is 1.37 bits per heavy atom. The monoisotopic (exact) mass is 322 g/mol. The van der Waals surface area contributed by atoms with E-state index in [0.717, 1.165) is 28.8 Å². The Balaban J connectivity index is 2.28. The lowest BCUT2D eigenvalue weighted by molar-refractivity contribution is 0.0990. The smallest absolute Gasteiger partial charge is 0.170 e. The third kappa shape index (κ3) is 2.89. The van der Waals surface area contributed by atoms with Crippen LogP contribution in [0.3, 0.4) is 0 Å². The van der Waals surface area contributed by atoms with E-state index in [9.17, 15) is 4.79 Å². The van der Waals surface area contributed by atoms with Gasteiger partial charge in [-0.3, -0.25) is 9.48 Å². The summed E-state index contributed by atoms with van der Waals surface area (Å²) in [6.07, 6.45) is 4.17. The van der Waals surface area contributed by atoms with Gasteiger partial charge >= 0.3 is 0 Å². The van der Waals surface area contributed by atoms with Crippen LogP contribution < -0.4 is 0 Å². The van der Waals surface area contributed by atoms with Crippen LogP contribution in [-0.2, 0) is 19.4 Å². The van der Waals surface area contributed by atoms with Crippen LogP contribution in [0.5, 0.6) is 0 Å². The molecule has 0 aliphatic heterocycles. The lowest BCUT2D eigenvalue weighted by atomic mass is 10.1. The lowest BCUT2D eigenvalue weighted by Crippen LogP contribution is -2.10. The van der Waals surface area contributed by atoms with Crippen LogP contribution in [0.1, 0.15) is 35.6 Å². The van der Waals surface area contributed by atoms with Gasteiger partial charge in [0.05, 0.1) is 34.7 Å². The van der Waals surface area contributed by atoms with Crippen LogP contribution in [0.2, 0.25) is 0 Å². The normalized spacial score (nSPS) is 10.7. The molecule has 2 aromatic heterocycles. The van der Waals surface area contributed by atoms with Crippen LogP contribution in [-0.4, -0.2) is 25.8 Å². The highest BCUT2D eigenvalue weighted by Crippen LogP contribution is 2.23. The van der Waals surface area contributed by atoms with Crippen molar-refractivity contribution in [1.29, 1.82) is 0 Å². The standard InChI is InChI=1S/C13H15BrN4O/c1-3-10-13(14)11(18(4-2)17-10)7-12(19)9-5-6-15-16-8-9/h5-6,8H,3-4,7H2,1-2H3. The number of halogens is 1. The van der Waals surface area contributed by atoms with Gasteiger partial charge in [0.25, 0.3) is 0 Å². The fraction of sp³-hybridized carbons (Fsp3) is 0.385. The third-order valence-electron chi connectivity index (χ3n) is 2.93. The number of rotatable bonds is 5. The quantitative estimate of drug-likeness (QED) is 0.793. The number of carbonyl (C=O) groups is 1. The van der Waals surface area contributed by atoms with Crippen molar-refractivity contribution in [2.24, 2.45) is 0 Å². The van der Waals surface area contributed by atoms with Gasteiger partial charge in [0.1, 0.15) is 0 Å². The summed E-state index contributed by atoms with van der Waals surface area (Å²) >= 11 is 3.54. The van der Waals surface area contributed by atoms with Crippen molar-refractivity contribution < 1.29 is 4.79 Å². The number of hydrogen-bond donors (Lipinski definition) is 0. The summed E-state index contributed by atoms with van der Waals surface area (Å²) in [6, 6.07) is 1.68. The molecule has 0 saturated carbocycles. The maximum atomic E-state index is 12.2. The van der Waals surface area contributed by atoms with Gasteiger partial charge in [-0.05, 0) is 35.3 Å². The summed E-state index contributed by atoms with van der Waals surface area (Å²) in [5, 5.41) is 11.9. The minimum absolute atomic E-state index is 0.0212. The SMILES string of the molecule is CCc1nn(CC)c(CC(=O)c2ccnnc2)c1Br. The molecule has 0 N–H and O–H groups in total. The van der Waals surface area contributed by atoms with E-state index in [1.165, 1.54) is 12.4 Å². The molecule has 2 heterocycles. The van der Waals surface area contributed by atoms with E-state index in [0.29, 0.717) is 12.0 Å².